The third-order valence-corrected chi connectivity index (χ3v) is 4.15. The number of halogens is 1. The molecule has 3 aromatic rings. The van der Waals surface area contributed by atoms with E-state index in [2.05, 4.69) is 15.3 Å². The molecule has 0 fully saturated rings. The molecule has 0 radical (unpaired) electrons. The van der Waals surface area contributed by atoms with Crippen LogP contribution in [0.2, 0.25) is 0 Å². The lowest BCUT2D eigenvalue weighted by atomic mass is 10.2. The molecule has 0 saturated heterocycles. The number of hydrogen-bond donors (Lipinski definition) is 1. The van der Waals surface area contributed by atoms with Gasteiger partial charge in [0.25, 0.3) is 5.91 Å². The monoisotopic (exact) mass is 343 g/mol. The molecular formula is C17H14FN3O2S. The maximum Gasteiger partial charge on any atom is 0.275 e. The summed E-state index contributed by atoms with van der Waals surface area (Å²) in [7, 11) is 1.49. The number of rotatable bonds is 4. The van der Waals surface area contributed by atoms with Crippen LogP contribution in [0.4, 0.5) is 10.1 Å². The number of methoxy groups -OCH3 is 1. The van der Waals surface area contributed by atoms with Gasteiger partial charge in [0.2, 0.25) is 5.88 Å². The molecule has 0 unspecified atom stereocenters. The Morgan fingerprint density at radius 1 is 1.29 bits per heavy atom. The predicted molar refractivity (Wildman–Crippen MR) is 91.0 cm³/mol. The van der Waals surface area contributed by atoms with Crippen molar-refractivity contribution in [2.45, 2.75) is 6.92 Å². The first-order valence-corrected chi connectivity index (χ1v) is 7.98. The molecule has 0 aliphatic rings. The van der Waals surface area contributed by atoms with Crippen LogP contribution in [0.1, 0.15) is 16.1 Å². The largest absolute Gasteiger partial charge is 0.480 e. The van der Waals surface area contributed by atoms with Crippen LogP contribution in [-0.2, 0) is 0 Å². The highest BCUT2D eigenvalue weighted by molar-refractivity contribution is 7.13. The first-order valence-electron chi connectivity index (χ1n) is 7.10. The number of hydrogen-bond acceptors (Lipinski definition) is 5. The van der Waals surface area contributed by atoms with Gasteiger partial charge in [-0.3, -0.25) is 4.79 Å². The SMILES string of the molecule is COc1ncc(C)cc1NC(=O)c1csc(-c2ccc(F)cc2)n1. The number of aryl methyl sites for hydroxylation is 1. The number of nitrogens with one attached hydrogen (secondary N) is 1. The van der Waals surface area contributed by atoms with E-state index in [0.29, 0.717) is 16.6 Å². The molecule has 1 aromatic carbocycles. The van der Waals surface area contributed by atoms with Crippen LogP contribution in [0.25, 0.3) is 10.6 Å². The molecule has 0 bridgehead atoms. The average molecular weight is 343 g/mol. The highest BCUT2D eigenvalue weighted by Gasteiger charge is 2.15. The Morgan fingerprint density at radius 3 is 2.75 bits per heavy atom. The Hall–Kier alpha value is -2.80. The van der Waals surface area contributed by atoms with Crippen molar-refractivity contribution in [2.24, 2.45) is 0 Å². The highest BCUT2D eigenvalue weighted by atomic mass is 32.1. The first-order chi connectivity index (χ1) is 11.6. The van der Waals surface area contributed by atoms with E-state index in [1.54, 1.807) is 29.8 Å². The zero-order chi connectivity index (χ0) is 17.1. The van der Waals surface area contributed by atoms with Crippen molar-refractivity contribution in [3.05, 3.63) is 59.0 Å². The summed E-state index contributed by atoms with van der Waals surface area (Å²) in [6, 6.07) is 7.75. The van der Waals surface area contributed by atoms with Crippen LogP contribution in [0.3, 0.4) is 0 Å². The second kappa shape index (κ2) is 6.76. The van der Waals surface area contributed by atoms with Crippen molar-refractivity contribution in [1.29, 1.82) is 0 Å². The number of anilines is 1. The Kier molecular flexibility index (Phi) is 4.52. The van der Waals surface area contributed by atoms with Gasteiger partial charge in [0.1, 0.15) is 22.2 Å². The minimum absolute atomic E-state index is 0.280. The maximum atomic E-state index is 13.0. The Bertz CT molecular complexity index is 878. The molecule has 7 heteroatoms. The van der Waals surface area contributed by atoms with Gasteiger partial charge in [0.15, 0.2) is 0 Å². The summed E-state index contributed by atoms with van der Waals surface area (Å²) in [5.41, 5.74) is 2.42. The molecule has 5 nitrogen and oxygen atoms in total. The van der Waals surface area contributed by atoms with Gasteiger partial charge in [-0.25, -0.2) is 14.4 Å². The van der Waals surface area contributed by atoms with E-state index in [4.69, 9.17) is 4.74 Å². The molecule has 3 rings (SSSR count). The van der Waals surface area contributed by atoms with Gasteiger partial charge >= 0.3 is 0 Å². The zero-order valence-corrected chi connectivity index (χ0v) is 13.9. The van der Waals surface area contributed by atoms with E-state index in [-0.39, 0.29) is 17.4 Å². The normalized spacial score (nSPS) is 10.5. The van der Waals surface area contributed by atoms with Crippen molar-refractivity contribution in [3.63, 3.8) is 0 Å². The maximum absolute atomic E-state index is 13.0. The molecule has 1 N–H and O–H groups in total. The standard InChI is InChI=1S/C17H14FN3O2S/c1-10-7-13(16(23-2)19-8-10)20-15(22)14-9-24-17(21-14)11-3-5-12(18)6-4-11/h3-9H,1-2H3,(H,20,22). The van der Waals surface area contributed by atoms with Crippen molar-refractivity contribution < 1.29 is 13.9 Å². The number of ether oxygens (including phenoxy) is 1. The van der Waals surface area contributed by atoms with Crippen LogP contribution in [0, 0.1) is 12.7 Å². The van der Waals surface area contributed by atoms with Crippen molar-refractivity contribution in [2.75, 3.05) is 12.4 Å². The summed E-state index contributed by atoms with van der Waals surface area (Å²) in [4.78, 5) is 20.8. The number of thiazole rings is 1. The van der Waals surface area contributed by atoms with Crippen molar-refractivity contribution in [1.82, 2.24) is 9.97 Å². The van der Waals surface area contributed by atoms with E-state index in [1.165, 1.54) is 30.6 Å². The van der Waals surface area contributed by atoms with Gasteiger partial charge in [-0.05, 0) is 42.8 Å². The number of aromatic nitrogens is 2. The van der Waals surface area contributed by atoms with E-state index >= 15 is 0 Å². The fourth-order valence-corrected chi connectivity index (χ4v) is 2.90. The molecule has 0 saturated carbocycles. The van der Waals surface area contributed by atoms with E-state index in [9.17, 15) is 9.18 Å². The summed E-state index contributed by atoms with van der Waals surface area (Å²) in [6.07, 6.45) is 1.66. The third kappa shape index (κ3) is 3.41. The van der Waals surface area contributed by atoms with Gasteiger partial charge in [-0.2, -0.15) is 0 Å². The number of amides is 1. The Morgan fingerprint density at radius 2 is 2.04 bits per heavy atom. The Labute approximate surface area is 142 Å². The summed E-state index contributed by atoms with van der Waals surface area (Å²) < 4.78 is 18.1. The van der Waals surface area contributed by atoms with Crippen LogP contribution in [-0.4, -0.2) is 23.0 Å². The van der Waals surface area contributed by atoms with Gasteiger partial charge in [0.05, 0.1) is 7.11 Å². The second-order valence-electron chi connectivity index (χ2n) is 5.07. The second-order valence-corrected chi connectivity index (χ2v) is 5.93. The first kappa shape index (κ1) is 16.1. The molecular weight excluding hydrogens is 329 g/mol. The lowest BCUT2D eigenvalue weighted by molar-refractivity contribution is 0.102. The van der Waals surface area contributed by atoms with Gasteiger partial charge < -0.3 is 10.1 Å². The fraction of sp³-hybridized carbons (Fsp3) is 0.118. The molecule has 122 valence electrons. The summed E-state index contributed by atoms with van der Waals surface area (Å²) in [5, 5.41) is 5.05. The van der Waals surface area contributed by atoms with Gasteiger partial charge in [0, 0.05) is 17.1 Å². The molecule has 2 aromatic heterocycles. The topological polar surface area (TPSA) is 64.1 Å². The molecule has 1 amide bonds. The fourth-order valence-electron chi connectivity index (χ4n) is 2.10. The Balaban J connectivity index is 1.81. The van der Waals surface area contributed by atoms with E-state index in [0.717, 1.165) is 11.1 Å². The van der Waals surface area contributed by atoms with Crippen molar-refractivity contribution >= 4 is 22.9 Å². The van der Waals surface area contributed by atoms with Gasteiger partial charge in [-0.1, -0.05) is 0 Å². The number of benzene rings is 1. The van der Waals surface area contributed by atoms with E-state index in [1.807, 2.05) is 6.92 Å². The highest BCUT2D eigenvalue weighted by Crippen LogP contribution is 2.26. The molecule has 0 atom stereocenters. The predicted octanol–water partition coefficient (Wildman–Crippen LogP) is 3.91. The van der Waals surface area contributed by atoms with Crippen LogP contribution in [0.5, 0.6) is 5.88 Å². The van der Waals surface area contributed by atoms with Crippen molar-refractivity contribution in [3.8, 4) is 16.5 Å². The number of carbonyl (C=O) groups is 1. The lowest BCUT2D eigenvalue weighted by Crippen LogP contribution is -2.13. The molecule has 0 spiro atoms. The van der Waals surface area contributed by atoms with Crippen LogP contribution >= 0.6 is 11.3 Å². The zero-order valence-electron chi connectivity index (χ0n) is 13.0. The number of pyridine rings is 1. The number of nitrogens with zero attached hydrogens (tertiary/aromatic N) is 2. The summed E-state index contributed by atoms with van der Waals surface area (Å²) in [6.45, 7) is 1.87. The minimum Gasteiger partial charge on any atom is -0.480 e. The average Bonchev–Trinajstić information content (AvgIpc) is 3.06. The van der Waals surface area contributed by atoms with Gasteiger partial charge in [-0.15, -0.1) is 11.3 Å². The molecule has 24 heavy (non-hydrogen) atoms. The lowest BCUT2D eigenvalue weighted by Gasteiger charge is -2.08. The summed E-state index contributed by atoms with van der Waals surface area (Å²) >= 11 is 1.32. The molecule has 0 aliphatic heterocycles. The smallest absolute Gasteiger partial charge is 0.275 e. The van der Waals surface area contributed by atoms with Crippen LogP contribution in [0.15, 0.2) is 41.9 Å². The minimum atomic E-state index is -0.356. The van der Waals surface area contributed by atoms with E-state index < -0.39 is 0 Å². The van der Waals surface area contributed by atoms with Crippen LogP contribution < -0.4 is 10.1 Å². The quantitative estimate of drug-likeness (QED) is 0.780. The summed E-state index contributed by atoms with van der Waals surface area (Å²) in [5.74, 6) is -0.333. The molecule has 2 heterocycles. The molecule has 0 aliphatic carbocycles. The number of carbonyl (C=O) groups excluding carboxylic acids is 1. The third-order valence-electron chi connectivity index (χ3n) is 3.26.